The average molecular weight is 288 g/mol. The van der Waals surface area contributed by atoms with Gasteiger partial charge in [-0.15, -0.1) is 0 Å². The van der Waals surface area contributed by atoms with Crippen LogP contribution in [0.1, 0.15) is 30.9 Å². The van der Waals surface area contributed by atoms with Gasteiger partial charge in [0.05, 0.1) is 6.04 Å². The molecule has 0 spiro atoms. The molecule has 1 fully saturated rings. The quantitative estimate of drug-likeness (QED) is 0.774. The summed E-state index contributed by atoms with van der Waals surface area (Å²) >= 11 is 0. The summed E-state index contributed by atoms with van der Waals surface area (Å²) in [5.74, 6) is -1.12. The van der Waals surface area contributed by atoms with Gasteiger partial charge < -0.3 is 15.7 Å². The molecule has 3 rings (SSSR count). The summed E-state index contributed by atoms with van der Waals surface area (Å²) in [7, 11) is 0. The molecule has 21 heavy (non-hydrogen) atoms. The number of hydrogen-bond donors (Lipinski definition) is 3. The molecule has 1 amide bonds. The molecule has 0 bridgehead atoms. The van der Waals surface area contributed by atoms with E-state index in [2.05, 4.69) is 10.6 Å². The molecule has 1 aliphatic carbocycles. The fourth-order valence-corrected chi connectivity index (χ4v) is 2.97. The van der Waals surface area contributed by atoms with E-state index < -0.39 is 11.5 Å². The molecule has 1 aliphatic heterocycles. The molecule has 1 unspecified atom stereocenters. The van der Waals surface area contributed by atoms with Crippen LogP contribution < -0.4 is 10.6 Å². The minimum absolute atomic E-state index is 0.0508. The topological polar surface area (TPSA) is 78.4 Å². The van der Waals surface area contributed by atoms with E-state index in [0.29, 0.717) is 13.0 Å². The summed E-state index contributed by atoms with van der Waals surface area (Å²) in [5, 5.41) is 15.4. The molecule has 2 atom stereocenters. The van der Waals surface area contributed by atoms with Crippen LogP contribution in [0.4, 0.5) is 0 Å². The van der Waals surface area contributed by atoms with Gasteiger partial charge in [0, 0.05) is 6.54 Å². The van der Waals surface area contributed by atoms with E-state index in [9.17, 15) is 14.7 Å². The number of fused-ring (bicyclic) bond motifs is 1. The van der Waals surface area contributed by atoms with Gasteiger partial charge in [-0.1, -0.05) is 24.3 Å². The number of aliphatic carboxylic acids is 1. The van der Waals surface area contributed by atoms with Crippen LogP contribution >= 0.6 is 0 Å². The van der Waals surface area contributed by atoms with Crippen molar-refractivity contribution in [2.24, 2.45) is 5.92 Å². The Morgan fingerprint density at radius 2 is 1.95 bits per heavy atom. The summed E-state index contributed by atoms with van der Waals surface area (Å²) in [6.07, 6.45) is 2.33. The third-order valence-corrected chi connectivity index (χ3v) is 4.62. The van der Waals surface area contributed by atoms with Gasteiger partial charge in [-0.3, -0.25) is 4.79 Å². The molecule has 5 nitrogen and oxygen atoms in total. The smallest absolute Gasteiger partial charge is 0.329 e. The van der Waals surface area contributed by atoms with Gasteiger partial charge in [0.25, 0.3) is 0 Å². The number of carboxylic acids is 1. The van der Waals surface area contributed by atoms with Crippen molar-refractivity contribution >= 4 is 11.9 Å². The number of benzene rings is 1. The van der Waals surface area contributed by atoms with Gasteiger partial charge in [0.15, 0.2) is 0 Å². The Bertz CT molecular complexity index is 583. The van der Waals surface area contributed by atoms with Crippen molar-refractivity contribution in [1.82, 2.24) is 10.6 Å². The van der Waals surface area contributed by atoms with Crippen LogP contribution in [0.3, 0.4) is 0 Å². The molecular weight excluding hydrogens is 268 g/mol. The highest BCUT2D eigenvalue weighted by molar-refractivity contribution is 5.90. The zero-order chi connectivity index (χ0) is 15.0. The third kappa shape index (κ3) is 2.65. The number of nitrogens with one attached hydrogen (secondary N) is 2. The van der Waals surface area contributed by atoms with Crippen molar-refractivity contribution < 1.29 is 14.7 Å². The number of carboxylic acid groups (broad SMARTS) is 1. The van der Waals surface area contributed by atoms with E-state index in [-0.39, 0.29) is 17.9 Å². The molecule has 0 aromatic heterocycles. The monoisotopic (exact) mass is 288 g/mol. The summed E-state index contributed by atoms with van der Waals surface area (Å²) < 4.78 is 0. The lowest BCUT2D eigenvalue weighted by Gasteiger charge is -2.31. The predicted molar refractivity (Wildman–Crippen MR) is 77.7 cm³/mol. The summed E-state index contributed by atoms with van der Waals surface area (Å²) in [6.45, 7) is 2.25. The van der Waals surface area contributed by atoms with E-state index in [1.165, 1.54) is 5.56 Å². The van der Waals surface area contributed by atoms with Gasteiger partial charge in [-0.05, 0) is 43.2 Å². The first kappa shape index (κ1) is 14.1. The summed E-state index contributed by atoms with van der Waals surface area (Å²) in [5.41, 5.74) is 1.21. The van der Waals surface area contributed by atoms with Crippen molar-refractivity contribution in [2.75, 3.05) is 0 Å². The number of amides is 1. The maximum absolute atomic E-state index is 12.4. The molecule has 5 heteroatoms. The molecule has 1 aromatic carbocycles. The zero-order valence-corrected chi connectivity index (χ0v) is 12.1. The summed E-state index contributed by atoms with van der Waals surface area (Å²) in [4.78, 5) is 23.9. The highest BCUT2D eigenvalue weighted by Crippen LogP contribution is 2.39. The summed E-state index contributed by atoms with van der Waals surface area (Å²) in [6, 6.07) is 7.65. The predicted octanol–water partition coefficient (Wildman–Crippen LogP) is 1.07. The molecule has 3 N–H and O–H groups in total. The lowest BCUT2D eigenvalue weighted by molar-refractivity contribution is -0.148. The highest BCUT2D eigenvalue weighted by Gasteiger charge is 2.49. The number of carbonyl (C=O) groups is 2. The maximum Gasteiger partial charge on any atom is 0.329 e. The van der Waals surface area contributed by atoms with E-state index in [4.69, 9.17) is 0 Å². The van der Waals surface area contributed by atoms with Crippen LogP contribution in [0.15, 0.2) is 24.3 Å². The molecule has 1 heterocycles. The standard InChI is InChI=1S/C16H20N2O3/c1-16(15(20)21,12-6-7-12)18-14(19)13-8-10-4-2-3-5-11(10)9-17-13/h2-5,12-13,17H,6-9H2,1H3,(H,18,19)(H,20,21)/t13-,16?/m0/s1. The number of rotatable bonds is 4. The van der Waals surface area contributed by atoms with Crippen LogP contribution in [0.5, 0.6) is 0 Å². The van der Waals surface area contributed by atoms with Gasteiger partial charge in [0.2, 0.25) is 5.91 Å². The molecule has 112 valence electrons. The lowest BCUT2D eigenvalue weighted by atomic mass is 9.92. The lowest BCUT2D eigenvalue weighted by Crippen LogP contribution is -2.59. The average Bonchev–Trinajstić information content (AvgIpc) is 3.31. The van der Waals surface area contributed by atoms with E-state index in [1.54, 1.807) is 6.92 Å². The van der Waals surface area contributed by atoms with Gasteiger partial charge in [-0.25, -0.2) is 4.79 Å². The Labute approximate surface area is 123 Å². The van der Waals surface area contributed by atoms with Gasteiger partial charge in [-0.2, -0.15) is 0 Å². The highest BCUT2D eigenvalue weighted by atomic mass is 16.4. The van der Waals surface area contributed by atoms with Crippen molar-refractivity contribution in [1.29, 1.82) is 0 Å². The molecule has 1 saturated carbocycles. The second-order valence-corrected chi connectivity index (χ2v) is 6.18. The van der Waals surface area contributed by atoms with E-state index >= 15 is 0 Å². The zero-order valence-electron chi connectivity index (χ0n) is 12.1. The Morgan fingerprint density at radius 3 is 2.57 bits per heavy atom. The third-order valence-electron chi connectivity index (χ3n) is 4.62. The molecule has 2 aliphatic rings. The Morgan fingerprint density at radius 1 is 1.29 bits per heavy atom. The largest absolute Gasteiger partial charge is 0.480 e. The van der Waals surface area contributed by atoms with Crippen LogP contribution in [-0.2, 0) is 22.6 Å². The van der Waals surface area contributed by atoms with Crippen LogP contribution in [0, 0.1) is 5.92 Å². The number of hydrogen-bond acceptors (Lipinski definition) is 3. The van der Waals surface area contributed by atoms with Gasteiger partial charge in [0.1, 0.15) is 5.54 Å². The van der Waals surface area contributed by atoms with Crippen LogP contribution in [-0.4, -0.2) is 28.6 Å². The minimum atomic E-state index is -1.14. The first-order chi connectivity index (χ1) is 10.0. The minimum Gasteiger partial charge on any atom is -0.480 e. The Balaban J connectivity index is 1.71. The van der Waals surface area contributed by atoms with Crippen LogP contribution in [0.25, 0.3) is 0 Å². The molecule has 1 aromatic rings. The van der Waals surface area contributed by atoms with Crippen molar-refractivity contribution in [3.63, 3.8) is 0 Å². The normalized spacial score (nSPS) is 23.8. The first-order valence-corrected chi connectivity index (χ1v) is 7.36. The van der Waals surface area contributed by atoms with Crippen molar-refractivity contribution in [3.05, 3.63) is 35.4 Å². The molecule has 0 radical (unpaired) electrons. The molecule has 0 saturated heterocycles. The number of carbonyl (C=O) groups excluding carboxylic acids is 1. The maximum atomic E-state index is 12.4. The van der Waals surface area contributed by atoms with Crippen molar-refractivity contribution in [2.45, 2.75) is 44.3 Å². The second kappa shape index (κ2) is 5.15. The second-order valence-electron chi connectivity index (χ2n) is 6.18. The van der Waals surface area contributed by atoms with Crippen molar-refractivity contribution in [3.8, 4) is 0 Å². The first-order valence-electron chi connectivity index (χ1n) is 7.36. The SMILES string of the molecule is CC(NC(=O)[C@@H]1Cc2ccccc2CN1)(C(=O)O)C1CC1. The van der Waals surface area contributed by atoms with Gasteiger partial charge >= 0.3 is 5.97 Å². The fourth-order valence-electron chi connectivity index (χ4n) is 2.97. The Hall–Kier alpha value is -1.88. The van der Waals surface area contributed by atoms with Crippen LogP contribution in [0.2, 0.25) is 0 Å². The Kier molecular flexibility index (Phi) is 3.45. The van der Waals surface area contributed by atoms with E-state index in [1.807, 2.05) is 24.3 Å². The van der Waals surface area contributed by atoms with E-state index in [0.717, 1.165) is 18.4 Å². The molecular formula is C16H20N2O3. The fraction of sp³-hybridized carbons (Fsp3) is 0.500.